The number of allylic oxidation sites excluding steroid dienone is 1. The Morgan fingerprint density at radius 2 is 1.85 bits per heavy atom. The summed E-state index contributed by atoms with van der Waals surface area (Å²) in [4.78, 5) is 19.4. The fraction of sp³-hybridized carbons (Fsp3) is 0.320. The zero-order valence-corrected chi connectivity index (χ0v) is 19.3. The van der Waals surface area contributed by atoms with Gasteiger partial charge < -0.3 is 19.3 Å². The van der Waals surface area contributed by atoms with Crippen molar-refractivity contribution in [3.63, 3.8) is 0 Å². The van der Waals surface area contributed by atoms with E-state index in [1.165, 1.54) is 0 Å². The Hall–Kier alpha value is -3.81. The molecule has 8 heteroatoms. The van der Waals surface area contributed by atoms with Crippen LogP contribution in [0, 0.1) is 0 Å². The van der Waals surface area contributed by atoms with Gasteiger partial charge in [0.05, 0.1) is 25.8 Å². The van der Waals surface area contributed by atoms with Gasteiger partial charge in [-0.25, -0.2) is 4.79 Å². The van der Waals surface area contributed by atoms with Gasteiger partial charge in [-0.05, 0) is 37.1 Å². The molecule has 0 spiro atoms. The molecule has 3 aromatic rings. The van der Waals surface area contributed by atoms with E-state index in [1.807, 2.05) is 43.3 Å². The molecule has 2 amide bonds. The maximum Gasteiger partial charge on any atom is 0.322 e. The smallest absolute Gasteiger partial charge is 0.322 e. The molecule has 1 atom stereocenters. The summed E-state index contributed by atoms with van der Waals surface area (Å²) in [5, 5.41) is 7.33. The van der Waals surface area contributed by atoms with Crippen LogP contribution in [-0.4, -0.2) is 41.8 Å². The van der Waals surface area contributed by atoms with E-state index in [0.717, 1.165) is 35.2 Å². The van der Waals surface area contributed by atoms with Gasteiger partial charge in [-0.3, -0.25) is 4.90 Å². The summed E-state index contributed by atoms with van der Waals surface area (Å²) >= 11 is 0. The summed E-state index contributed by atoms with van der Waals surface area (Å²) in [7, 11) is 3.17. The first-order valence-electron chi connectivity index (χ1n) is 11.0. The van der Waals surface area contributed by atoms with Crippen molar-refractivity contribution in [2.75, 3.05) is 20.8 Å². The lowest BCUT2D eigenvalue weighted by molar-refractivity contribution is 0.204. The lowest BCUT2D eigenvalue weighted by Gasteiger charge is -2.35. The molecule has 1 aromatic heterocycles. The third kappa shape index (κ3) is 4.41. The largest absolute Gasteiger partial charge is 0.493 e. The highest BCUT2D eigenvalue weighted by Crippen LogP contribution is 2.38. The minimum atomic E-state index is -0.393. The third-order valence-corrected chi connectivity index (χ3v) is 5.76. The molecule has 0 bridgehead atoms. The standard InChI is InChI=1S/C25H28N4O4/c1-5-6-14-29-16(2)21(22(26-25(29)30)17-10-8-7-9-11-17)24-27-23(28-33-24)18-12-13-19(31-3)20(15-18)32-4/h7-13,15,22H,5-6,14H2,1-4H3,(H,26,30). The number of hydrogen-bond donors (Lipinski definition) is 1. The predicted molar refractivity (Wildman–Crippen MR) is 125 cm³/mol. The molecular formula is C25H28N4O4. The summed E-state index contributed by atoms with van der Waals surface area (Å²) < 4.78 is 16.4. The second-order valence-corrected chi connectivity index (χ2v) is 7.79. The number of amides is 2. The van der Waals surface area contributed by atoms with Gasteiger partial charge in [0.1, 0.15) is 0 Å². The van der Waals surface area contributed by atoms with Crippen LogP contribution in [0.1, 0.15) is 44.2 Å². The predicted octanol–water partition coefficient (Wildman–Crippen LogP) is 5.05. The van der Waals surface area contributed by atoms with E-state index < -0.39 is 6.04 Å². The van der Waals surface area contributed by atoms with E-state index in [1.54, 1.807) is 31.3 Å². The van der Waals surface area contributed by atoms with Gasteiger partial charge in [0.2, 0.25) is 5.82 Å². The first-order chi connectivity index (χ1) is 16.1. The lowest BCUT2D eigenvalue weighted by Crippen LogP contribution is -2.46. The number of rotatable bonds is 8. The molecule has 0 saturated heterocycles. The molecule has 0 fully saturated rings. The van der Waals surface area contributed by atoms with E-state index in [-0.39, 0.29) is 6.03 Å². The van der Waals surface area contributed by atoms with Crippen LogP contribution in [0.2, 0.25) is 0 Å². The number of hydrogen-bond acceptors (Lipinski definition) is 6. The number of nitrogens with one attached hydrogen (secondary N) is 1. The van der Waals surface area contributed by atoms with Crippen LogP contribution in [0.4, 0.5) is 4.79 Å². The first kappa shape index (κ1) is 22.4. The van der Waals surface area contributed by atoms with Crippen molar-refractivity contribution in [3.8, 4) is 22.9 Å². The molecule has 1 N–H and O–H groups in total. The van der Waals surface area contributed by atoms with Crippen LogP contribution in [-0.2, 0) is 0 Å². The summed E-state index contributed by atoms with van der Waals surface area (Å²) in [6.07, 6.45) is 1.88. The summed E-state index contributed by atoms with van der Waals surface area (Å²) in [6, 6.07) is 14.7. The van der Waals surface area contributed by atoms with Crippen molar-refractivity contribution in [1.82, 2.24) is 20.4 Å². The SMILES string of the molecule is CCCCN1C(=O)NC(c2ccccc2)C(c2nc(-c3ccc(OC)c(OC)c3)no2)=C1C. The van der Waals surface area contributed by atoms with E-state index in [2.05, 4.69) is 17.4 Å². The topological polar surface area (TPSA) is 89.7 Å². The van der Waals surface area contributed by atoms with Gasteiger partial charge in [0.25, 0.3) is 5.89 Å². The highest BCUT2D eigenvalue weighted by molar-refractivity contribution is 5.86. The Kier molecular flexibility index (Phi) is 6.63. The van der Waals surface area contributed by atoms with E-state index in [9.17, 15) is 4.79 Å². The van der Waals surface area contributed by atoms with Crippen LogP contribution < -0.4 is 14.8 Å². The second kappa shape index (κ2) is 9.77. The molecule has 1 aliphatic rings. The molecule has 4 rings (SSSR count). The van der Waals surface area contributed by atoms with Crippen molar-refractivity contribution >= 4 is 11.6 Å². The van der Waals surface area contributed by atoms with Gasteiger partial charge in [0, 0.05) is 17.8 Å². The Labute approximate surface area is 193 Å². The molecule has 1 aliphatic heterocycles. The fourth-order valence-corrected chi connectivity index (χ4v) is 3.96. The minimum absolute atomic E-state index is 0.127. The molecule has 2 heterocycles. The third-order valence-electron chi connectivity index (χ3n) is 5.76. The Bertz CT molecular complexity index is 1160. The van der Waals surface area contributed by atoms with Crippen LogP contribution >= 0.6 is 0 Å². The maximum atomic E-state index is 12.9. The van der Waals surface area contributed by atoms with Crippen LogP contribution in [0.25, 0.3) is 17.0 Å². The highest BCUT2D eigenvalue weighted by Gasteiger charge is 2.35. The van der Waals surface area contributed by atoms with Crippen LogP contribution in [0.3, 0.4) is 0 Å². The molecule has 0 saturated carbocycles. The number of unbranched alkanes of at least 4 members (excludes halogenated alkanes) is 1. The van der Waals surface area contributed by atoms with Gasteiger partial charge in [0.15, 0.2) is 11.5 Å². The first-order valence-corrected chi connectivity index (χ1v) is 11.0. The summed E-state index contributed by atoms with van der Waals surface area (Å²) in [5.41, 5.74) is 3.28. The maximum absolute atomic E-state index is 12.9. The molecule has 2 aromatic carbocycles. The number of carbonyl (C=O) groups excluding carboxylic acids is 1. The number of aromatic nitrogens is 2. The van der Waals surface area contributed by atoms with Crippen molar-refractivity contribution in [2.45, 2.75) is 32.7 Å². The monoisotopic (exact) mass is 448 g/mol. The number of methoxy groups -OCH3 is 2. The normalized spacial score (nSPS) is 16.1. The fourth-order valence-electron chi connectivity index (χ4n) is 3.96. The Morgan fingerprint density at radius 3 is 2.55 bits per heavy atom. The lowest BCUT2D eigenvalue weighted by atomic mass is 9.94. The quantitative estimate of drug-likeness (QED) is 0.519. The Balaban J connectivity index is 1.78. The zero-order valence-electron chi connectivity index (χ0n) is 19.3. The average molecular weight is 449 g/mol. The van der Waals surface area contributed by atoms with Crippen molar-refractivity contribution in [1.29, 1.82) is 0 Å². The van der Waals surface area contributed by atoms with E-state index in [0.29, 0.717) is 29.8 Å². The van der Waals surface area contributed by atoms with Gasteiger partial charge in [-0.2, -0.15) is 4.98 Å². The minimum Gasteiger partial charge on any atom is -0.493 e. The van der Waals surface area contributed by atoms with Gasteiger partial charge in [-0.1, -0.05) is 48.8 Å². The molecule has 0 radical (unpaired) electrons. The molecule has 1 unspecified atom stereocenters. The second-order valence-electron chi connectivity index (χ2n) is 7.79. The molecule has 8 nitrogen and oxygen atoms in total. The highest BCUT2D eigenvalue weighted by atomic mass is 16.5. The van der Waals surface area contributed by atoms with E-state index >= 15 is 0 Å². The summed E-state index contributed by atoms with van der Waals surface area (Å²) in [5.74, 6) is 1.99. The van der Waals surface area contributed by atoms with E-state index in [4.69, 9.17) is 19.0 Å². The summed E-state index contributed by atoms with van der Waals surface area (Å²) in [6.45, 7) is 4.65. The Morgan fingerprint density at radius 1 is 1.09 bits per heavy atom. The van der Waals surface area contributed by atoms with Crippen molar-refractivity contribution < 1.29 is 18.8 Å². The number of carbonyl (C=O) groups is 1. The molecule has 33 heavy (non-hydrogen) atoms. The number of benzene rings is 2. The van der Waals surface area contributed by atoms with Crippen molar-refractivity contribution in [3.05, 3.63) is 65.7 Å². The number of ether oxygens (including phenoxy) is 2. The average Bonchev–Trinajstić information content (AvgIpc) is 3.33. The molecular weight excluding hydrogens is 420 g/mol. The van der Waals surface area contributed by atoms with Crippen LogP contribution in [0.15, 0.2) is 58.8 Å². The number of urea groups is 1. The molecule has 0 aliphatic carbocycles. The van der Waals surface area contributed by atoms with Gasteiger partial charge >= 0.3 is 6.03 Å². The van der Waals surface area contributed by atoms with Gasteiger partial charge in [-0.15, -0.1) is 0 Å². The van der Waals surface area contributed by atoms with Crippen LogP contribution in [0.5, 0.6) is 11.5 Å². The zero-order chi connectivity index (χ0) is 23.4. The number of nitrogens with zero attached hydrogens (tertiary/aromatic N) is 3. The van der Waals surface area contributed by atoms with Crippen molar-refractivity contribution in [2.24, 2.45) is 0 Å². The molecule has 172 valence electrons.